The summed E-state index contributed by atoms with van der Waals surface area (Å²) in [7, 11) is -9.79. The number of phosphoric ester groups is 2. The average molecular weight is 1540 g/mol. The molecule has 0 aliphatic rings. The highest BCUT2D eigenvalue weighted by Gasteiger charge is 2.29. The number of phosphoric acid groups is 2. The van der Waals surface area contributed by atoms with Gasteiger partial charge in [0, 0.05) is 19.3 Å². The van der Waals surface area contributed by atoms with Crippen LogP contribution in [0.1, 0.15) is 367 Å². The molecular weight excluding hydrogens is 1390 g/mol. The van der Waals surface area contributed by atoms with E-state index in [1.807, 2.05) is 0 Å². The van der Waals surface area contributed by atoms with Gasteiger partial charge in [-0.25, -0.2) is 9.13 Å². The number of unbranched alkanes of at least 4 members (excludes halogenated alkanes) is 38. The fourth-order valence-corrected chi connectivity index (χ4v) is 13.3. The lowest BCUT2D eigenvalue weighted by Crippen LogP contribution is -2.30. The van der Waals surface area contributed by atoms with Crippen molar-refractivity contribution in [2.24, 2.45) is 0 Å². The third-order valence-electron chi connectivity index (χ3n) is 18.2. The van der Waals surface area contributed by atoms with E-state index in [2.05, 4.69) is 142 Å². The van der Waals surface area contributed by atoms with Gasteiger partial charge in [-0.3, -0.25) is 32.5 Å². The third-order valence-corrected chi connectivity index (χ3v) is 20.1. The van der Waals surface area contributed by atoms with Gasteiger partial charge >= 0.3 is 33.6 Å². The highest BCUT2D eigenvalue weighted by Crippen LogP contribution is 2.45. The zero-order valence-corrected chi connectivity index (χ0v) is 69.6. The molecule has 0 saturated heterocycles. The van der Waals surface area contributed by atoms with Crippen molar-refractivity contribution < 1.29 is 75.8 Å². The second-order valence-electron chi connectivity index (χ2n) is 28.6. The van der Waals surface area contributed by atoms with Gasteiger partial charge in [-0.05, 0) is 116 Å². The standard InChI is InChI=1S/C89H156O16P2/c1-4-7-10-13-16-19-22-25-28-30-32-34-36-38-40-41-43-45-46-48-50-52-55-57-60-63-66-69-72-75-87(92)99-78-84(90)79-101-106(95,96)102-80-85(91)81-103-107(97,98)104-83-86(105-89(94)77-74-71-68-65-62-59-54-27-24-21-18-15-12-9-6-3)82-100-88(93)76-73-70-67-64-61-58-56-53-51-49-47-44-42-39-37-35-33-31-29-26-23-20-17-14-11-8-5-2/h7,10,16-17,19-20,25-26,28-29,32-35,38-40,42-43,45,84-86,90-91H,4-6,8-9,11-15,18,21-24,27,30-31,36-37,41,44,46-83H2,1-3H3,(H,95,96)(H,97,98)/b10-7-,19-16-,20-17-,28-25-,29-26-,34-32-,35-33-,40-38-,42-39-,45-43-. The molecule has 0 radical (unpaired) electrons. The van der Waals surface area contributed by atoms with Crippen molar-refractivity contribution in [2.75, 3.05) is 39.6 Å². The molecule has 0 amide bonds. The second kappa shape index (κ2) is 81.4. The lowest BCUT2D eigenvalue weighted by Gasteiger charge is -2.21. The molecule has 4 N–H and O–H groups in total. The van der Waals surface area contributed by atoms with Crippen LogP contribution >= 0.6 is 15.6 Å². The number of hydrogen-bond acceptors (Lipinski definition) is 14. The first-order valence-corrected chi connectivity index (χ1v) is 45.8. The summed E-state index contributed by atoms with van der Waals surface area (Å²) in [6.07, 6.45) is 98.1. The van der Waals surface area contributed by atoms with Crippen LogP contribution < -0.4 is 0 Å². The van der Waals surface area contributed by atoms with Gasteiger partial charge in [0.1, 0.15) is 25.4 Å². The van der Waals surface area contributed by atoms with E-state index in [0.717, 1.165) is 148 Å². The Kier molecular flexibility index (Phi) is 78.4. The first kappa shape index (κ1) is 103. The number of aliphatic hydroxyl groups excluding tert-OH is 2. The number of allylic oxidation sites excluding steroid dienone is 20. The van der Waals surface area contributed by atoms with E-state index in [0.29, 0.717) is 19.3 Å². The molecule has 0 saturated carbocycles. The van der Waals surface area contributed by atoms with Crippen LogP contribution in [0.25, 0.3) is 0 Å². The smallest absolute Gasteiger partial charge is 0.463 e. The molecule has 618 valence electrons. The SMILES string of the molecule is CC/C=C\C/C=C\C/C=C\C/C=C\C/C=C\C/C=C\CCCCCCCCCCCCC(=O)OCC(O)COP(=O)(O)OCC(O)COP(=O)(O)OCC(COC(=O)CCCCCCCCCCCCC/C=C\C/C=C\C/C=C\C/C=C\CCCCC)OC(=O)CCCCCCCCCCCCCCCCC. The summed E-state index contributed by atoms with van der Waals surface area (Å²) in [6.45, 7) is 2.59. The van der Waals surface area contributed by atoms with Crippen LogP contribution in [0.3, 0.4) is 0 Å². The van der Waals surface area contributed by atoms with Crippen molar-refractivity contribution in [3.05, 3.63) is 122 Å². The maximum absolute atomic E-state index is 13.0. The van der Waals surface area contributed by atoms with Crippen LogP contribution in [-0.4, -0.2) is 95.9 Å². The average Bonchev–Trinajstić information content (AvgIpc) is 0.914. The maximum Gasteiger partial charge on any atom is 0.472 e. The highest BCUT2D eigenvalue weighted by molar-refractivity contribution is 7.47. The Bertz CT molecular complexity index is 2430. The number of esters is 3. The maximum atomic E-state index is 13.0. The van der Waals surface area contributed by atoms with Crippen LogP contribution in [-0.2, 0) is 55.8 Å². The number of ether oxygens (including phenoxy) is 3. The van der Waals surface area contributed by atoms with Crippen molar-refractivity contribution in [3.63, 3.8) is 0 Å². The van der Waals surface area contributed by atoms with Gasteiger partial charge in [0.25, 0.3) is 0 Å². The minimum atomic E-state index is -4.93. The minimum Gasteiger partial charge on any atom is -0.463 e. The summed E-state index contributed by atoms with van der Waals surface area (Å²) in [4.78, 5) is 58.8. The predicted octanol–water partition coefficient (Wildman–Crippen LogP) is 25.7. The lowest BCUT2D eigenvalue weighted by molar-refractivity contribution is -0.161. The zero-order valence-electron chi connectivity index (χ0n) is 67.8. The number of rotatable bonds is 81. The van der Waals surface area contributed by atoms with Crippen molar-refractivity contribution in [2.45, 2.75) is 386 Å². The Hall–Kier alpha value is -4.05. The van der Waals surface area contributed by atoms with E-state index < -0.39 is 91.5 Å². The molecule has 0 spiro atoms. The van der Waals surface area contributed by atoms with Gasteiger partial charge in [-0.15, -0.1) is 0 Å². The van der Waals surface area contributed by atoms with Crippen LogP contribution in [0, 0.1) is 0 Å². The van der Waals surface area contributed by atoms with E-state index in [4.69, 9.17) is 32.3 Å². The highest BCUT2D eigenvalue weighted by atomic mass is 31.2. The van der Waals surface area contributed by atoms with E-state index in [1.165, 1.54) is 161 Å². The summed E-state index contributed by atoms with van der Waals surface area (Å²) in [5.41, 5.74) is 0. The molecule has 0 aromatic rings. The van der Waals surface area contributed by atoms with E-state index >= 15 is 0 Å². The summed E-state index contributed by atoms with van der Waals surface area (Å²) in [6, 6.07) is 0. The number of aliphatic hydroxyl groups is 2. The summed E-state index contributed by atoms with van der Waals surface area (Å²) in [5, 5.41) is 20.7. The van der Waals surface area contributed by atoms with Gasteiger partial charge in [0.05, 0.1) is 26.4 Å². The molecule has 0 aromatic heterocycles. The van der Waals surface area contributed by atoms with Crippen molar-refractivity contribution in [3.8, 4) is 0 Å². The molecule has 0 aliphatic carbocycles. The monoisotopic (exact) mass is 1540 g/mol. The van der Waals surface area contributed by atoms with Crippen LogP contribution in [0.5, 0.6) is 0 Å². The van der Waals surface area contributed by atoms with Gasteiger partial charge in [0.15, 0.2) is 6.10 Å². The molecule has 0 bridgehead atoms. The van der Waals surface area contributed by atoms with Crippen LogP contribution in [0.2, 0.25) is 0 Å². The molecule has 0 fully saturated rings. The molecular formula is C89H156O16P2. The Morgan fingerprint density at radius 1 is 0.271 bits per heavy atom. The van der Waals surface area contributed by atoms with E-state index in [9.17, 15) is 43.5 Å². The topological polar surface area (TPSA) is 231 Å². The molecule has 5 unspecified atom stereocenters. The normalized spacial score (nSPS) is 14.5. The van der Waals surface area contributed by atoms with Crippen molar-refractivity contribution in [1.29, 1.82) is 0 Å². The molecule has 5 atom stereocenters. The fraction of sp³-hybridized carbons (Fsp3) is 0.742. The third kappa shape index (κ3) is 82.7. The molecule has 0 aliphatic heterocycles. The van der Waals surface area contributed by atoms with Crippen LogP contribution in [0.15, 0.2) is 122 Å². The Morgan fingerprint density at radius 3 is 0.804 bits per heavy atom. The Morgan fingerprint density at radius 2 is 0.495 bits per heavy atom. The number of carbonyl (C=O) groups excluding carboxylic acids is 3. The first-order chi connectivity index (χ1) is 52.2. The van der Waals surface area contributed by atoms with Gasteiger partial charge in [-0.2, -0.15) is 0 Å². The quantitative estimate of drug-likeness (QED) is 0.0146. The molecule has 0 aromatic carbocycles. The molecule has 16 nitrogen and oxygen atoms in total. The second-order valence-corrected chi connectivity index (χ2v) is 31.5. The predicted molar refractivity (Wildman–Crippen MR) is 445 cm³/mol. The number of hydrogen-bond donors (Lipinski definition) is 4. The largest absolute Gasteiger partial charge is 0.472 e. The van der Waals surface area contributed by atoms with Crippen LogP contribution in [0.4, 0.5) is 0 Å². The first-order valence-electron chi connectivity index (χ1n) is 42.8. The van der Waals surface area contributed by atoms with Gasteiger partial charge in [0.2, 0.25) is 0 Å². The van der Waals surface area contributed by atoms with Gasteiger partial charge in [-0.1, -0.05) is 354 Å². The molecule has 0 rings (SSSR count). The molecule has 0 heterocycles. The van der Waals surface area contributed by atoms with Crippen molar-refractivity contribution in [1.82, 2.24) is 0 Å². The minimum absolute atomic E-state index is 0.107. The molecule has 107 heavy (non-hydrogen) atoms. The zero-order chi connectivity index (χ0) is 78.0. The molecule has 18 heteroatoms. The summed E-state index contributed by atoms with van der Waals surface area (Å²) < 4.78 is 61.3. The Balaban J connectivity index is 4.53. The Labute approximate surface area is 653 Å². The lowest BCUT2D eigenvalue weighted by atomic mass is 10.0. The summed E-state index contributed by atoms with van der Waals surface area (Å²) in [5.74, 6) is -1.57. The van der Waals surface area contributed by atoms with Crippen molar-refractivity contribution >= 4 is 33.6 Å². The number of carbonyl (C=O) groups is 3. The summed E-state index contributed by atoms with van der Waals surface area (Å²) >= 11 is 0. The van der Waals surface area contributed by atoms with E-state index in [-0.39, 0.29) is 19.3 Å². The van der Waals surface area contributed by atoms with E-state index in [1.54, 1.807) is 0 Å². The fourth-order valence-electron chi connectivity index (χ4n) is 11.7. The van der Waals surface area contributed by atoms with Gasteiger partial charge < -0.3 is 34.2 Å².